The average molecular weight is 438 g/mol. The molecule has 0 aromatic heterocycles. The Labute approximate surface area is 113 Å². The molecule has 0 amide bonds. The maximum absolute atomic E-state index is 11.4. The van der Waals surface area contributed by atoms with Gasteiger partial charge in [-0.3, -0.25) is 0 Å². The summed E-state index contributed by atoms with van der Waals surface area (Å²) in [5.74, 6) is 1.89. The molecular weight excluding hydrogens is 407 g/mol. The molecule has 0 saturated carbocycles. The van der Waals surface area contributed by atoms with E-state index >= 15 is 0 Å². The van der Waals surface area contributed by atoms with Gasteiger partial charge in [0, 0.05) is 0 Å². The fraction of sp³-hybridized carbons (Fsp3) is 0.929. The first-order valence-corrected chi connectivity index (χ1v) is 16.7. The third-order valence-electron chi connectivity index (χ3n) is 2.70. The molecule has 0 spiro atoms. The summed E-state index contributed by atoms with van der Waals surface area (Å²) in [5.41, 5.74) is 0. The molecule has 0 rings (SSSR count). The molecule has 0 N–H and O–H groups in total. The van der Waals surface area contributed by atoms with Crippen LogP contribution in [-0.2, 0) is 7.48 Å². The quantitative estimate of drug-likeness (QED) is 0.550. The Kier molecular flexibility index (Phi) is 7.92. The molecule has 0 heterocycles. The zero-order valence-electron chi connectivity index (χ0n) is 12.7. The molecule has 0 aromatic carbocycles. The van der Waals surface area contributed by atoms with Crippen molar-refractivity contribution in [2.24, 2.45) is 17.8 Å². The molecule has 0 radical (unpaired) electrons. The van der Waals surface area contributed by atoms with E-state index in [0.29, 0.717) is 17.8 Å². The molecule has 17 heavy (non-hydrogen) atoms. The third-order valence-corrected chi connectivity index (χ3v) is 23.7. The molecule has 0 saturated heterocycles. The van der Waals surface area contributed by atoms with Crippen LogP contribution in [0.15, 0.2) is 0 Å². The summed E-state index contributed by atoms with van der Waals surface area (Å²) in [6.07, 6.45) is 0. The summed E-state index contributed by atoms with van der Waals surface area (Å²) < 4.78 is 9.50. The van der Waals surface area contributed by atoms with Crippen LogP contribution >= 0.6 is 0 Å². The van der Waals surface area contributed by atoms with Crippen molar-refractivity contribution in [1.82, 2.24) is 0 Å². The first kappa shape index (κ1) is 17.4. The van der Waals surface area contributed by atoms with E-state index in [1.165, 1.54) is 11.9 Å². The summed E-state index contributed by atoms with van der Waals surface area (Å²) in [6, 6.07) is 0. The van der Waals surface area contributed by atoms with Crippen molar-refractivity contribution in [3.63, 3.8) is 0 Å². The number of hydrogen-bond acceptors (Lipinski definition) is 2. The molecule has 0 aliphatic rings. The second kappa shape index (κ2) is 7.75. The number of carbonyl (C=O) groups excluding carboxylic acids is 1. The van der Waals surface area contributed by atoms with Gasteiger partial charge in [0.15, 0.2) is 0 Å². The van der Waals surface area contributed by atoms with Crippen LogP contribution in [0.1, 0.15) is 48.5 Å². The second-order valence-electron chi connectivity index (χ2n) is 6.57. The Bertz CT molecular complexity index is 208. The molecule has 3 heteroatoms. The van der Waals surface area contributed by atoms with Gasteiger partial charge in [0.25, 0.3) is 0 Å². The molecule has 0 aromatic rings. The van der Waals surface area contributed by atoms with Crippen molar-refractivity contribution in [3.8, 4) is 0 Å². The van der Waals surface area contributed by atoms with Crippen molar-refractivity contribution >= 4 is 27.6 Å². The standard InChI is InChI=1S/3C4H9.C2H4O2.Pb/c3*1-4(2)3;1-2(3)4;/h3*4H,1H2,2-3H3;1H3,(H,3,4);/q;;;;+1/p-1. The maximum atomic E-state index is 11.4. The minimum atomic E-state index is -2.88. The van der Waals surface area contributed by atoms with E-state index < -0.39 is 21.6 Å². The molecule has 0 bridgehead atoms. The van der Waals surface area contributed by atoms with Crippen LogP contribution < -0.4 is 0 Å². The normalized spacial score (nSPS) is 12.6. The summed E-state index contributed by atoms with van der Waals surface area (Å²) >= 11 is -2.88. The van der Waals surface area contributed by atoms with Gasteiger partial charge in [-0.1, -0.05) is 0 Å². The van der Waals surface area contributed by atoms with E-state index in [9.17, 15) is 4.79 Å². The Balaban J connectivity index is 4.96. The zero-order chi connectivity index (χ0) is 13.6. The SMILES string of the molecule is CC(=O)[O][Pb]([CH2]C(C)C)([CH2]C(C)C)[CH2]C(C)C. The zero-order valence-corrected chi connectivity index (χ0v) is 16.6. The van der Waals surface area contributed by atoms with Gasteiger partial charge in [0.05, 0.1) is 0 Å². The van der Waals surface area contributed by atoms with Crippen molar-refractivity contribution in [2.75, 3.05) is 0 Å². The summed E-state index contributed by atoms with van der Waals surface area (Å²) in [4.78, 5) is 11.4. The molecule has 0 atom stereocenters. The number of rotatable bonds is 7. The number of hydrogen-bond donors (Lipinski definition) is 0. The molecule has 0 aliphatic heterocycles. The summed E-state index contributed by atoms with van der Waals surface area (Å²) in [6.45, 7) is 15.1. The van der Waals surface area contributed by atoms with E-state index in [4.69, 9.17) is 2.69 Å². The van der Waals surface area contributed by atoms with Crippen molar-refractivity contribution in [3.05, 3.63) is 0 Å². The van der Waals surface area contributed by atoms with Crippen LogP contribution in [0.5, 0.6) is 0 Å². The third kappa shape index (κ3) is 8.17. The number of carbonyl (C=O) groups is 1. The Morgan fingerprint density at radius 1 is 0.882 bits per heavy atom. The van der Waals surface area contributed by atoms with Crippen molar-refractivity contribution in [2.45, 2.75) is 60.4 Å². The van der Waals surface area contributed by atoms with Crippen LogP contribution in [0.4, 0.5) is 0 Å². The predicted molar refractivity (Wildman–Crippen MR) is 76.5 cm³/mol. The van der Waals surface area contributed by atoms with Crippen molar-refractivity contribution < 1.29 is 7.48 Å². The first-order valence-electron chi connectivity index (χ1n) is 6.86. The Morgan fingerprint density at radius 3 is 1.35 bits per heavy atom. The van der Waals surface area contributed by atoms with Gasteiger partial charge >= 0.3 is 113 Å². The Hall–Kier alpha value is 0.392. The van der Waals surface area contributed by atoms with Crippen LogP contribution in [0, 0.1) is 17.8 Å². The van der Waals surface area contributed by atoms with Gasteiger partial charge in [-0.15, -0.1) is 0 Å². The molecular formula is C14H30O2Pb. The monoisotopic (exact) mass is 438 g/mol. The molecule has 0 aliphatic carbocycles. The van der Waals surface area contributed by atoms with Gasteiger partial charge in [0.2, 0.25) is 0 Å². The summed E-state index contributed by atoms with van der Waals surface area (Å²) in [5, 5.41) is 0. The first-order chi connectivity index (χ1) is 7.67. The van der Waals surface area contributed by atoms with Gasteiger partial charge in [-0.05, 0) is 0 Å². The van der Waals surface area contributed by atoms with E-state index in [0.717, 1.165) is 0 Å². The summed E-state index contributed by atoms with van der Waals surface area (Å²) in [7, 11) is 0. The van der Waals surface area contributed by atoms with Crippen LogP contribution in [0.25, 0.3) is 0 Å². The van der Waals surface area contributed by atoms with E-state index in [-0.39, 0.29) is 5.97 Å². The molecule has 102 valence electrons. The Morgan fingerprint density at radius 2 is 1.18 bits per heavy atom. The van der Waals surface area contributed by atoms with Crippen molar-refractivity contribution in [1.29, 1.82) is 0 Å². The average Bonchev–Trinajstić information content (AvgIpc) is 1.95. The van der Waals surface area contributed by atoms with Crippen LogP contribution in [0.3, 0.4) is 0 Å². The van der Waals surface area contributed by atoms with E-state index in [1.807, 2.05) is 0 Å². The fourth-order valence-corrected chi connectivity index (χ4v) is 25.6. The second-order valence-corrected chi connectivity index (χ2v) is 21.3. The van der Waals surface area contributed by atoms with E-state index in [1.54, 1.807) is 6.92 Å². The minimum absolute atomic E-state index is 0.0476. The van der Waals surface area contributed by atoms with Crippen LogP contribution in [0.2, 0.25) is 11.9 Å². The topological polar surface area (TPSA) is 26.3 Å². The molecule has 0 unspecified atom stereocenters. The van der Waals surface area contributed by atoms with Gasteiger partial charge in [-0.25, -0.2) is 0 Å². The molecule has 0 fully saturated rings. The van der Waals surface area contributed by atoms with E-state index in [2.05, 4.69) is 41.5 Å². The van der Waals surface area contributed by atoms with Gasteiger partial charge in [-0.2, -0.15) is 0 Å². The molecule has 2 nitrogen and oxygen atoms in total. The van der Waals surface area contributed by atoms with Gasteiger partial charge in [0.1, 0.15) is 0 Å². The fourth-order valence-electron chi connectivity index (χ4n) is 2.91. The van der Waals surface area contributed by atoms with Gasteiger partial charge < -0.3 is 0 Å². The predicted octanol–water partition coefficient (Wildman–Crippen LogP) is 4.46. The van der Waals surface area contributed by atoms with Crippen LogP contribution in [-0.4, -0.2) is 27.6 Å².